The Morgan fingerprint density at radius 3 is 2.12 bits per heavy atom. The highest BCUT2D eigenvalue weighted by atomic mass is 16.5. The Balaban J connectivity index is 2.11. The smallest absolute Gasteiger partial charge is 0.239 e. The molecule has 0 spiro atoms. The second kappa shape index (κ2) is 7.38. The fourth-order valence-electron chi connectivity index (χ4n) is 2.23. The molecule has 0 atom stereocenters. The molecule has 0 bridgehead atoms. The van der Waals surface area contributed by atoms with Crippen molar-refractivity contribution in [2.45, 2.75) is 27.7 Å². The summed E-state index contributed by atoms with van der Waals surface area (Å²) in [5.74, 6) is -0.0300. The fraction of sp³-hybridized carbons (Fsp3) is 0.300. The summed E-state index contributed by atoms with van der Waals surface area (Å²) < 4.78 is 5.09. The molecule has 0 saturated heterocycles. The Morgan fingerprint density at radius 2 is 1.52 bits per heavy atom. The maximum atomic E-state index is 12.6. The highest BCUT2D eigenvalue weighted by molar-refractivity contribution is 6.14. The minimum Gasteiger partial charge on any atom is -0.497 e. The molecule has 132 valence electrons. The predicted octanol–water partition coefficient (Wildman–Crippen LogP) is 3.92. The molecule has 0 saturated carbocycles. The molecule has 0 aliphatic heterocycles. The monoisotopic (exact) mass is 340 g/mol. The molecule has 5 nitrogen and oxygen atoms in total. The molecule has 2 rings (SSSR count). The first kappa shape index (κ1) is 18.5. The maximum absolute atomic E-state index is 12.6. The van der Waals surface area contributed by atoms with Gasteiger partial charge in [-0.25, -0.2) is 0 Å². The van der Waals surface area contributed by atoms with Gasteiger partial charge in [0.1, 0.15) is 11.2 Å². The third-order valence-corrected chi connectivity index (χ3v) is 4.34. The van der Waals surface area contributed by atoms with E-state index in [1.54, 1.807) is 45.2 Å². The summed E-state index contributed by atoms with van der Waals surface area (Å²) in [7, 11) is 1.58. The summed E-state index contributed by atoms with van der Waals surface area (Å²) in [6.45, 7) is 7.13. The summed E-state index contributed by atoms with van der Waals surface area (Å²) in [6.07, 6.45) is 0. The van der Waals surface area contributed by atoms with Gasteiger partial charge < -0.3 is 15.4 Å². The van der Waals surface area contributed by atoms with Crippen LogP contribution in [0.2, 0.25) is 0 Å². The largest absolute Gasteiger partial charge is 0.497 e. The topological polar surface area (TPSA) is 67.4 Å². The van der Waals surface area contributed by atoms with Gasteiger partial charge in [-0.15, -0.1) is 0 Å². The molecular formula is C20H24N2O3. The lowest BCUT2D eigenvalue weighted by Crippen LogP contribution is -2.41. The van der Waals surface area contributed by atoms with Crippen LogP contribution in [0.15, 0.2) is 42.5 Å². The van der Waals surface area contributed by atoms with Crippen LogP contribution in [0, 0.1) is 19.3 Å². The molecule has 0 radical (unpaired) electrons. The van der Waals surface area contributed by atoms with Gasteiger partial charge in [-0.2, -0.15) is 0 Å². The molecule has 25 heavy (non-hydrogen) atoms. The number of methoxy groups -OCH3 is 1. The van der Waals surface area contributed by atoms with Crippen molar-refractivity contribution in [2.24, 2.45) is 5.41 Å². The van der Waals surface area contributed by atoms with Crippen LogP contribution in [0.3, 0.4) is 0 Å². The molecule has 2 aromatic carbocycles. The summed E-state index contributed by atoms with van der Waals surface area (Å²) >= 11 is 0. The van der Waals surface area contributed by atoms with Gasteiger partial charge in [0.2, 0.25) is 11.8 Å². The van der Waals surface area contributed by atoms with E-state index in [0.29, 0.717) is 11.4 Å². The molecule has 0 aromatic heterocycles. The van der Waals surface area contributed by atoms with Gasteiger partial charge in [-0.1, -0.05) is 12.1 Å². The molecule has 0 aliphatic carbocycles. The number of amides is 2. The normalized spacial score (nSPS) is 10.9. The average molecular weight is 340 g/mol. The number of carbonyl (C=O) groups is 2. The van der Waals surface area contributed by atoms with Crippen molar-refractivity contribution in [3.63, 3.8) is 0 Å². The summed E-state index contributed by atoms with van der Waals surface area (Å²) in [4.78, 5) is 25.2. The number of ether oxygens (including phenoxy) is 1. The van der Waals surface area contributed by atoms with Crippen molar-refractivity contribution in [1.29, 1.82) is 0 Å². The third kappa shape index (κ3) is 4.18. The zero-order chi connectivity index (χ0) is 18.6. The quantitative estimate of drug-likeness (QED) is 0.811. The van der Waals surface area contributed by atoms with E-state index in [1.165, 1.54) is 0 Å². The van der Waals surface area contributed by atoms with Crippen LogP contribution < -0.4 is 15.4 Å². The van der Waals surface area contributed by atoms with Gasteiger partial charge in [0.15, 0.2) is 0 Å². The van der Waals surface area contributed by atoms with Gasteiger partial charge in [0.25, 0.3) is 0 Å². The molecule has 2 amide bonds. The Bertz CT molecular complexity index is 780. The zero-order valence-electron chi connectivity index (χ0n) is 15.3. The van der Waals surface area contributed by atoms with Crippen molar-refractivity contribution >= 4 is 23.2 Å². The van der Waals surface area contributed by atoms with Crippen molar-refractivity contribution in [1.82, 2.24) is 0 Å². The molecule has 0 heterocycles. The van der Waals surface area contributed by atoms with Crippen molar-refractivity contribution in [2.75, 3.05) is 17.7 Å². The number of carbonyl (C=O) groups excluding carboxylic acids is 2. The lowest BCUT2D eigenvalue weighted by molar-refractivity contribution is -0.135. The minimum atomic E-state index is -1.23. The SMILES string of the molecule is COc1ccc(NC(=O)C(C)(C)C(=O)Nc2cccc(C)c2C)cc1. The average Bonchev–Trinajstić information content (AvgIpc) is 2.59. The second-order valence-corrected chi connectivity index (χ2v) is 6.51. The standard InChI is InChI=1S/C20H24N2O3/c1-13-7-6-8-17(14(13)2)22-19(24)20(3,4)18(23)21-15-9-11-16(25-5)12-10-15/h6-12H,1-5H3,(H,21,23)(H,22,24). The Labute approximate surface area is 148 Å². The highest BCUT2D eigenvalue weighted by Gasteiger charge is 2.36. The highest BCUT2D eigenvalue weighted by Crippen LogP contribution is 2.25. The van der Waals surface area contributed by atoms with Gasteiger partial charge in [-0.3, -0.25) is 9.59 Å². The van der Waals surface area contributed by atoms with E-state index in [1.807, 2.05) is 32.0 Å². The molecule has 0 unspecified atom stereocenters. The van der Waals surface area contributed by atoms with Gasteiger partial charge in [0.05, 0.1) is 7.11 Å². The van der Waals surface area contributed by atoms with E-state index >= 15 is 0 Å². The van der Waals surface area contributed by atoms with Crippen LogP contribution in [0.25, 0.3) is 0 Å². The van der Waals surface area contributed by atoms with E-state index in [-0.39, 0.29) is 11.8 Å². The summed E-state index contributed by atoms with van der Waals surface area (Å²) in [5.41, 5.74) is 2.17. The van der Waals surface area contributed by atoms with Gasteiger partial charge >= 0.3 is 0 Å². The number of rotatable bonds is 5. The van der Waals surface area contributed by atoms with E-state index in [4.69, 9.17) is 4.74 Å². The van der Waals surface area contributed by atoms with Crippen LogP contribution in [0.5, 0.6) is 5.75 Å². The first-order valence-electron chi connectivity index (χ1n) is 8.09. The zero-order valence-corrected chi connectivity index (χ0v) is 15.3. The van der Waals surface area contributed by atoms with Crippen LogP contribution in [-0.4, -0.2) is 18.9 Å². The summed E-state index contributed by atoms with van der Waals surface area (Å²) in [5, 5.41) is 5.63. The van der Waals surface area contributed by atoms with Crippen LogP contribution in [-0.2, 0) is 9.59 Å². The lowest BCUT2D eigenvalue weighted by atomic mass is 9.90. The van der Waals surface area contributed by atoms with Crippen molar-refractivity contribution in [3.05, 3.63) is 53.6 Å². The Hall–Kier alpha value is -2.82. The predicted molar refractivity (Wildman–Crippen MR) is 100.0 cm³/mol. The Kier molecular flexibility index (Phi) is 5.47. The fourth-order valence-corrected chi connectivity index (χ4v) is 2.23. The molecule has 0 fully saturated rings. The van der Waals surface area contributed by atoms with Gasteiger partial charge in [0, 0.05) is 11.4 Å². The Morgan fingerprint density at radius 1 is 0.920 bits per heavy atom. The lowest BCUT2D eigenvalue weighted by Gasteiger charge is -2.23. The maximum Gasteiger partial charge on any atom is 0.239 e. The van der Waals surface area contributed by atoms with Gasteiger partial charge in [-0.05, 0) is 69.2 Å². The molecule has 5 heteroatoms. The van der Waals surface area contributed by atoms with E-state index in [2.05, 4.69) is 10.6 Å². The van der Waals surface area contributed by atoms with Crippen LogP contribution in [0.1, 0.15) is 25.0 Å². The molecule has 2 aromatic rings. The van der Waals surface area contributed by atoms with Crippen LogP contribution in [0.4, 0.5) is 11.4 Å². The number of hydrogen-bond donors (Lipinski definition) is 2. The molecular weight excluding hydrogens is 316 g/mol. The number of anilines is 2. The first-order chi connectivity index (χ1) is 11.8. The molecule has 0 aliphatic rings. The number of aryl methyl sites for hydroxylation is 1. The van der Waals surface area contributed by atoms with Crippen LogP contribution >= 0.6 is 0 Å². The van der Waals surface area contributed by atoms with E-state index in [9.17, 15) is 9.59 Å². The third-order valence-electron chi connectivity index (χ3n) is 4.34. The number of nitrogens with one attached hydrogen (secondary N) is 2. The number of benzene rings is 2. The van der Waals surface area contributed by atoms with Crippen molar-refractivity contribution in [3.8, 4) is 5.75 Å². The number of hydrogen-bond acceptors (Lipinski definition) is 3. The van der Waals surface area contributed by atoms with E-state index < -0.39 is 5.41 Å². The van der Waals surface area contributed by atoms with E-state index in [0.717, 1.165) is 16.8 Å². The van der Waals surface area contributed by atoms with Crippen molar-refractivity contribution < 1.29 is 14.3 Å². The minimum absolute atomic E-state index is 0.354. The second-order valence-electron chi connectivity index (χ2n) is 6.51. The molecule has 2 N–H and O–H groups in total. The first-order valence-corrected chi connectivity index (χ1v) is 8.09. The summed E-state index contributed by atoms with van der Waals surface area (Å²) in [6, 6.07) is 12.6.